The van der Waals surface area contributed by atoms with Crippen molar-refractivity contribution in [3.8, 4) is 5.75 Å². The van der Waals surface area contributed by atoms with E-state index in [-0.39, 0.29) is 43.3 Å². The molecule has 9 heteroatoms. The van der Waals surface area contributed by atoms with E-state index in [2.05, 4.69) is 16.9 Å². The van der Waals surface area contributed by atoms with Gasteiger partial charge in [-0.25, -0.2) is 4.99 Å². The maximum atomic E-state index is 12.0. The molecule has 0 saturated carbocycles. The van der Waals surface area contributed by atoms with E-state index < -0.39 is 0 Å². The number of piperazine rings is 1. The average Bonchev–Trinajstić information content (AvgIpc) is 2.46. The third-order valence-electron chi connectivity index (χ3n) is 3.31. The first-order valence-electron chi connectivity index (χ1n) is 6.83. The molecule has 0 aromatic heterocycles. The van der Waals surface area contributed by atoms with E-state index in [0.717, 1.165) is 26.2 Å². The highest BCUT2D eigenvalue weighted by atomic mass is 35.5. The minimum atomic E-state index is 0. The zero-order valence-electron chi connectivity index (χ0n) is 13.0. The van der Waals surface area contributed by atoms with Crippen molar-refractivity contribution in [2.45, 2.75) is 0 Å². The van der Waals surface area contributed by atoms with Crippen molar-refractivity contribution in [1.82, 2.24) is 9.80 Å². The van der Waals surface area contributed by atoms with Crippen molar-refractivity contribution in [1.29, 1.82) is 0 Å². The predicted molar refractivity (Wildman–Crippen MR) is 96.0 cm³/mol. The number of carbonyl (C=O) groups is 1. The number of likely N-dealkylation sites (N-methyl/N-ethyl adjacent to an activating group) is 1. The summed E-state index contributed by atoms with van der Waals surface area (Å²) < 4.78 is 5.49. The molecule has 1 amide bonds. The number of rotatable bonds is 4. The SMILES string of the molecule is CN1CCN(C(=O)COc2ccc(N=C(N)N)cc2)CC1.Cl.Cl. The van der Waals surface area contributed by atoms with Crippen LogP contribution in [0.25, 0.3) is 0 Å². The quantitative estimate of drug-likeness (QED) is 0.602. The molecule has 0 aliphatic carbocycles. The summed E-state index contributed by atoms with van der Waals surface area (Å²) in [6.07, 6.45) is 0. The Labute approximate surface area is 148 Å². The molecule has 1 aliphatic rings. The number of benzene rings is 1. The molecule has 1 heterocycles. The number of halogens is 2. The highest BCUT2D eigenvalue weighted by Gasteiger charge is 2.19. The number of ether oxygens (including phenoxy) is 1. The van der Waals surface area contributed by atoms with Gasteiger partial charge in [0.15, 0.2) is 12.6 Å². The molecule has 1 aliphatic heterocycles. The lowest BCUT2D eigenvalue weighted by Crippen LogP contribution is -2.48. The van der Waals surface area contributed by atoms with E-state index >= 15 is 0 Å². The summed E-state index contributed by atoms with van der Waals surface area (Å²) in [6, 6.07) is 6.93. The Bertz CT molecular complexity index is 512. The molecule has 2 rings (SSSR count). The second kappa shape index (κ2) is 10.1. The van der Waals surface area contributed by atoms with E-state index in [9.17, 15) is 4.79 Å². The van der Waals surface area contributed by atoms with Gasteiger partial charge in [0.2, 0.25) is 0 Å². The molecule has 1 aromatic rings. The van der Waals surface area contributed by atoms with Gasteiger partial charge < -0.3 is 26.0 Å². The normalized spacial score (nSPS) is 14.2. The Balaban J connectivity index is 0.00000242. The van der Waals surface area contributed by atoms with Gasteiger partial charge in [-0.15, -0.1) is 24.8 Å². The molecule has 23 heavy (non-hydrogen) atoms. The number of guanidine groups is 1. The van der Waals surface area contributed by atoms with E-state index in [0.29, 0.717) is 11.4 Å². The van der Waals surface area contributed by atoms with Crippen LogP contribution >= 0.6 is 24.8 Å². The van der Waals surface area contributed by atoms with Gasteiger partial charge in [0.25, 0.3) is 5.91 Å². The molecule has 1 saturated heterocycles. The second-order valence-electron chi connectivity index (χ2n) is 5.00. The van der Waals surface area contributed by atoms with Gasteiger partial charge in [-0.2, -0.15) is 0 Å². The van der Waals surface area contributed by atoms with Crippen LogP contribution in [0.5, 0.6) is 5.75 Å². The fourth-order valence-electron chi connectivity index (χ4n) is 2.06. The molecule has 0 atom stereocenters. The fraction of sp³-hybridized carbons (Fsp3) is 0.429. The van der Waals surface area contributed by atoms with Crippen molar-refractivity contribution in [2.24, 2.45) is 16.5 Å². The van der Waals surface area contributed by atoms with Gasteiger partial charge in [0.05, 0.1) is 5.69 Å². The number of amides is 1. The lowest BCUT2D eigenvalue weighted by atomic mass is 10.3. The van der Waals surface area contributed by atoms with Crippen LogP contribution in [0.3, 0.4) is 0 Å². The van der Waals surface area contributed by atoms with Gasteiger partial charge in [-0.1, -0.05) is 0 Å². The number of carbonyl (C=O) groups excluding carboxylic acids is 1. The Hall–Kier alpha value is -1.70. The Kier molecular flexibility index (Phi) is 9.40. The number of hydrogen-bond acceptors (Lipinski definition) is 4. The van der Waals surface area contributed by atoms with Gasteiger partial charge in [0.1, 0.15) is 5.75 Å². The summed E-state index contributed by atoms with van der Waals surface area (Å²) in [7, 11) is 2.05. The van der Waals surface area contributed by atoms with Crippen LogP contribution in [0.4, 0.5) is 5.69 Å². The van der Waals surface area contributed by atoms with Crippen LogP contribution in [-0.2, 0) is 4.79 Å². The van der Waals surface area contributed by atoms with Crippen LogP contribution in [0.15, 0.2) is 29.3 Å². The van der Waals surface area contributed by atoms with E-state index in [1.807, 2.05) is 4.90 Å². The van der Waals surface area contributed by atoms with Crippen LogP contribution in [0.2, 0.25) is 0 Å². The van der Waals surface area contributed by atoms with Gasteiger partial charge in [-0.3, -0.25) is 4.79 Å². The monoisotopic (exact) mass is 363 g/mol. The van der Waals surface area contributed by atoms with Gasteiger partial charge >= 0.3 is 0 Å². The Morgan fingerprint density at radius 2 is 1.70 bits per heavy atom. The number of hydrogen-bond donors (Lipinski definition) is 2. The van der Waals surface area contributed by atoms with E-state index in [4.69, 9.17) is 16.2 Å². The molecular formula is C14H23Cl2N5O2. The first kappa shape index (κ1) is 21.3. The maximum Gasteiger partial charge on any atom is 0.260 e. The van der Waals surface area contributed by atoms with Crippen molar-refractivity contribution >= 4 is 42.4 Å². The zero-order chi connectivity index (χ0) is 15.2. The Morgan fingerprint density at radius 1 is 1.13 bits per heavy atom. The van der Waals surface area contributed by atoms with Crippen LogP contribution in [0, 0.1) is 0 Å². The van der Waals surface area contributed by atoms with Crippen LogP contribution < -0.4 is 16.2 Å². The fourth-order valence-corrected chi connectivity index (χ4v) is 2.06. The smallest absolute Gasteiger partial charge is 0.260 e. The summed E-state index contributed by atoms with van der Waals surface area (Å²) in [4.78, 5) is 20.0. The minimum absolute atomic E-state index is 0. The standard InChI is InChI=1S/C14H21N5O2.2ClH/c1-18-6-8-19(9-7-18)13(20)10-21-12-4-2-11(3-5-12)17-14(15)16;;/h2-5H,6-10H2,1H3,(H4,15,16,17);2*1H. The molecule has 0 bridgehead atoms. The summed E-state index contributed by atoms with van der Waals surface area (Å²) in [5, 5.41) is 0. The molecule has 1 fully saturated rings. The molecule has 0 radical (unpaired) electrons. The van der Waals surface area contributed by atoms with Crippen LogP contribution in [-0.4, -0.2) is 61.5 Å². The summed E-state index contributed by atoms with van der Waals surface area (Å²) in [5.41, 5.74) is 11.2. The minimum Gasteiger partial charge on any atom is -0.484 e. The van der Waals surface area contributed by atoms with E-state index in [1.54, 1.807) is 24.3 Å². The summed E-state index contributed by atoms with van der Waals surface area (Å²) in [6.45, 7) is 3.35. The highest BCUT2D eigenvalue weighted by molar-refractivity contribution is 5.85. The molecule has 1 aromatic carbocycles. The van der Waals surface area contributed by atoms with Crippen molar-refractivity contribution < 1.29 is 9.53 Å². The molecule has 7 nitrogen and oxygen atoms in total. The summed E-state index contributed by atoms with van der Waals surface area (Å²) >= 11 is 0. The number of nitrogens with two attached hydrogens (primary N) is 2. The maximum absolute atomic E-state index is 12.0. The third-order valence-corrected chi connectivity index (χ3v) is 3.31. The molecular weight excluding hydrogens is 341 g/mol. The molecule has 0 spiro atoms. The third kappa shape index (κ3) is 6.94. The van der Waals surface area contributed by atoms with Crippen molar-refractivity contribution in [3.63, 3.8) is 0 Å². The van der Waals surface area contributed by atoms with Crippen molar-refractivity contribution in [3.05, 3.63) is 24.3 Å². The highest BCUT2D eigenvalue weighted by Crippen LogP contribution is 2.17. The lowest BCUT2D eigenvalue weighted by molar-refractivity contribution is -0.134. The first-order valence-corrected chi connectivity index (χ1v) is 6.83. The molecule has 0 unspecified atom stereocenters. The molecule has 4 N–H and O–H groups in total. The lowest BCUT2D eigenvalue weighted by Gasteiger charge is -2.32. The first-order chi connectivity index (χ1) is 10.0. The van der Waals surface area contributed by atoms with Crippen LogP contribution in [0.1, 0.15) is 0 Å². The topological polar surface area (TPSA) is 97.2 Å². The van der Waals surface area contributed by atoms with Crippen molar-refractivity contribution in [2.75, 3.05) is 39.8 Å². The number of aliphatic imine (C=N–C) groups is 1. The van der Waals surface area contributed by atoms with E-state index in [1.165, 1.54) is 0 Å². The number of nitrogens with zero attached hydrogens (tertiary/aromatic N) is 3. The Morgan fingerprint density at radius 3 is 2.22 bits per heavy atom. The van der Waals surface area contributed by atoms with Gasteiger partial charge in [0, 0.05) is 26.2 Å². The summed E-state index contributed by atoms with van der Waals surface area (Å²) in [5.74, 6) is 0.636. The van der Waals surface area contributed by atoms with Gasteiger partial charge in [-0.05, 0) is 31.3 Å². The predicted octanol–water partition coefficient (Wildman–Crippen LogP) is 0.588. The average molecular weight is 364 g/mol. The second-order valence-corrected chi connectivity index (χ2v) is 5.00. The zero-order valence-corrected chi connectivity index (χ0v) is 14.6. The molecule has 130 valence electrons. The largest absolute Gasteiger partial charge is 0.484 e.